The van der Waals surface area contributed by atoms with Crippen LogP contribution >= 0.6 is 0 Å². The maximum absolute atomic E-state index is 12.0. The summed E-state index contributed by atoms with van der Waals surface area (Å²) in [5.74, 6) is 0.618. The summed E-state index contributed by atoms with van der Waals surface area (Å²) in [7, 11) is 1.34. The number of amides is 2. The molecule has 2 heterocycles. The number of esters is 1. The van der Waals surface area contributed by atoms with Crippen molar-refractivity contribution in [1.29, 1.82) is 0 Å². The molecule has 0 aliphatic carbocycles. The molecule has 1 saturated heterocycles. The Kier molecular flexibility index (Phi) is 6.25. The van der Waals surface area contributed by atoms with Gasteiger partial charge in [-0.25, -0.2) is 14.6 Å². The molecule has 3 rings (SSSR count). The fourth-order valence-electron chi connectivity index (χ4n) is 2.96. The number of hydrogen-bond acceptors (Lipinski definition) is 5. The highest BCUT2D eigenvalue weighted by atomic mass is 16.5. The van der Waals surface area contributed by atoms with Gasteiger partial charge in [-0.15, -0.1) is 0 Å². The van der Waals surface area contributed by atoms with E-state index >= 15 is 0 Å². The Morgan fingerprint density at radius 1 is 1.00 bits per heavy atom. The number of nitrogens with one attached hydrogen (secondary N) is 2. The third kappa shape index (κ3) is 5.20. The van der Waals surface area contributed by atoms with E-state index in [1.54, 1.807) is 30.5 Å². The topological polar surface area (TPSA) is 83.6 Å². The van der Waals surface area contributed by atoms with Gasteiger partial charge < -0.3 is 20.3 Å². The molecule has 0 unspecified atom stereocenters. The Morgan fingerprint density at radius 2 is 1.63 bits per heavy atom. The summed E-state index contributed by atoms with van der Waals surface area (Å²) in [6, 6.07) is 10.7. The summed E-state index contributed by atoms with van der Waals surface area (Å²) >= 11 is 0. The summed E-state index contributed by atoms with van der Waals surface area (Å²) in [4.78, 5) is 30.1. The monoisotopic (exact) mass is 368 g/mol. The van der Waals surface area contributed by atoms with Crippen LogP contribution in [0.5, 0.6) is 0 Å². The highest BCUT2D eigenvalue weighted by Gasteiger charge is 2.13. The van der Waals surface area contributed by atoms with E-state index in [0.717, 1.165) is 30.0 Å². The van der Waals surface area contributed by atoms with Crippen LogP contribution in [0.3, 0.4) is 0 Å². The molecule has 0 atom stereocenters. The number of rotatable bonds is 6. The molecule has 1 aromatic heterocycles. The predicted octanol–water partition coefficient (Wildman–Crippen LogP) is 2.47. The lowest BCUT2D eigenvalue weighted by atomic mass is 10.1. The molecule has 7 heteroatoms. The van der Waals surface area contributed by atoms with Gasteiger partial charge in [0.05, 0.1) is 12.7 Å². The van der Waals surface area contributed by atoms with Crippen molar-refractivity contribution in [3.63, 3.8) is 0 Å². The molecule has 27 heavy (non-hydrogen) atoms. The van der Waals surface area contributed by atoms with Gasteiger partial charge in [0.15, 0.2) is 0 Å². The number of methoxy groups -OCH3 is 1. The van der Waals surface area contributed by atoms with Crippen LogP contribution < -0.4 is 15.5 Å². The molecule has 2 amide bonds. The van der Waals surface area contributed by atoms with E-state index in [-0.39, 0.29) is 12.0 Å². The minimum absolute atomic E-state index is 0.254. The van der Waals surface area contributed by atoms with Gasteiger partial charge in [-0.2, -0.15) is 0 Å². The van der Waals surface area contributed by atoms with Gasteiger partial charge in [0.2, 0.25) is 0 Å². The zero-order chi connectivity index (χ0) is 19.1. The molecule has 1 aliphatic rings. The van der Waals surface area contributed by atoms with Crippen molar-refractivity contribution in [3.8, 4) is 0 Å². The molecule has 2 N–H and O–H groups in total. The second-order valence-electron chi connectivity index (χ2n) is 6.44. The lowest BCUT2D eigenvalue weighted by molar-refractivity contribution is 0.0600. The van der Waals surface area contributed by atoms with E-state index in [4.69, 9.17) is 0 Å². The number of urea groups is 1. The minimum Gasteiger partial charge on any atom is -0.465 e. The fourth-order valence-corrected chi connectivity index (χ4v) is 2.96. The molecule has 1 fully saturated rings. The van der Waals surface area contributed by atoms with Crippen LogP contribution in [0.4, 0.5) is 10.6 Å². The van der Waals surface area contributed by atoms with Gasteiger partial charge in [0, 0.05) is 32.4 Å². The first-order valence-corrected chi connectivity index (χ1v) is 9.04. The van der Waals surface area contributed by atoms with Crippen LogP contribution in [0, 0.1) is 0 Å². The minimum atomic E-state index is -0.378. The van der Waals surface area contributed by atoms with Crippen LogP contribution in [-0.4, -0.2) is 37.2 Å². The summed E-state index contributed by atoms with van der Waals surface area (Å²) in [5, 5.41) is 5.61. The number of carbonyl (C=O) groups is 2. The average molecular weight is 368 g/mol. The first-order valence-electron chi connectivity index (χ1n) is 9.04. The van der Waals surface area contributed by atoms with Crippen molar-refractivity contribution >= 4 is 17.8 Å². The van der Waals surface area contributed by atoms with Crippen molar-refractivity contribution in [3.05, 3.63) is 59.3 Å². The van der Waals surface area contributed by atoms with Crippen LogP contribution in [0.2, 0.25) is 0 Å². The molecule has 1 aromatic carbocycles. The van der Waals surface area contributed by atoms with Gasteiger partial charge in [0.25, 0.3) is 0 Å². The van der Waals surface area contributed by atoms with E-state index in [2.05, 4.69) is 25.3 Å². The molecule has 1 aliphatic heterocycles. The van der Waals surface area contributed by atoms with Crippen molar-refractivity contribution in [2.75, 3.05) is 25.1 Å². The Balaban J connectivity index is 1.42. The molecule has 2 aromatic rings. The van der Waals surface area contributed by atoms with Gasteiger partial charge in [0.1, 0.15) is 5.82 Å². The van der Waals surface area contributed by atoms with E-state index < -0.39 is 0 Å². The number of pyridine rings is 1. The van der Waals surface area contributed by atoms with E-state index in [1.165, 1.54) is 20.0 Å². The first-order chi connectivity index (χ1) is 13.2. The van der Waals surface area contributed by atoms with E-state index in [9.17, 15) is 9.59 Å². The summed E-state index contributed by atoms with van der Waals surface area (Å²) in [6.07, 6.45) is 4.24. The zero-order valence-corrected chi connectivity index (χ0v) is 15.4. The largest absolute Gasteiger partial charge is 0.465 e. The summed E-state index contributed by atoms with van der Waals surface area (Å²) in [6.45, 7) is 2.92. The van der Waals surface area contributed by atoms with E-state index in [0.29, 0.717) is 18.7 Å². The number of hydrogen-bond donors (Lipinski definition) is 2. The lowest BCUT2D eigenvalue weighted by Gasteiger charge is -2.16. The maximum Gasteiger partial charge on any atom is 0.337 e. The normalized spacial score (nSPS) is 13.3. The molecule has 0 bridgehead atoms. The predicted molar refractivity (Wildman–Crippen MR) is 103 cm³/mol. The number of carbonyl (C=O) groups excluding carboxylic acids is 2. The average Bonchev–Trinajstić information content (AvgIpc) is 3.26. The van der Waals surface area contributed by atoms with Crippen LogP contribution in [0.15, 0.2) is 42.6 Å². The van der Waals surface area contributed by atoms with Crippen LogP contribution in [0.25, 0.3) is 0 Å². The van der Waals surface area contributed by atoms with Crippen LogP contribution in [0.1, 0.15) is 34.3 Å². The van der Waals surface area contributed by atoms with Gasteiger partial charge in [-0.3, -0.25) is 0 Å². The Morgan fingerprint density at radius 3 is 2.22 bits per heavy atom. The second kappa shape index (κ2) is 9.02. The third-order valence-electron chi connectivity index (χ3n) is 4.52. The number of benzene rings is 1. The molecule has 0 radical (unpaired) electrons. The number of ether oxygens (including phenoxy) is 1. The summed E-state index contributed by atoms with van der Waals surface area (Å²) in [5.41, 5.74) is 2.33. The number of anilines is 1. The Labute approximate surface area is 158 Å². The molecule has 142 valence electrons. The second-order valence-corrected chi connectivity index (χ2v) is 6.44. The van der Waals surface area contributed by atoms with Crippen molar-refractivity contribution in [2.24, 2.45) is 0 Å². The molecule has 0 spiro atoms. The van der Waals surface area contributed by atoms with Crippen molar-refractivity contribution < 1.29 is 14.3 Å². The number of nitrogens with zero attached hydrogens (tertiary/aromatic N) is 2. The fraction of sp³-hybridized carbons (Fsp3) is 0.350. The molecular formula is C20H24N4O3. The highest BCUT2D eigenvalue weighted by molar-refractivity contribution is 5.89. The maximum atomic E-state index is 12.0. The molecule has 0 saturated carbocycles. The lowest BCUT2D eigenvalue weighted by Crippen LogP contribution is -2.34. The van der Waals surface area contributed by atoms with Crippen molar-refractivity contribution in [1.82, 2.24) is 15.6 Å². The standard InChI is InChI=1S/C20H24N4O3/c1-27-19(25)17-7-4-15(5-8-17)12-22-20(26)23-14-16-6-9-18(21-13-16)24-10-2-3-11-24/h4-9,13H,2-3,10-12,14H2,1H3,(H2,22,23,26). The molecular weight excluding hydrogens is 344 g/mol. The Bertz CT molecular complexity index is 769. The van der Waals surface area contributed by atoms with Crippen LogP contribution in [-0.2, 0) is 17.8 Å². The van der Waals surface area contributed by atoms with Gasteiger partial charge in [-0.05, 0) is 42.2 Å². The SMILES string of the molecule is COC(=O)c1ccc(CNC(=O)NCc2ccc(N3CCCC3)nc2)cc1. The smallest absolute Gasteiger partial charge is 0.337 e. The van der Waals surface area contributed by atoms with E-state index in [1.807, 2.05) is 12.1 Å². The van der Waals surface area contributed by atoms with Gasteiger partial charge >= 0.3 is 12.0 Å². The summed E-state index contributed by atoms with van der Waals surface area (Å²) < 4.78 is 4.66. The zero-order valence-electron chi connectivity index (χ0n) is 15.4. The van der Waals surface area contributed by atoms with Crippen molar-refractivity contribution in [2.45, 2.75) is 25.9 Å². The van der Waals surface area contributed by atoms with Gasteiger partial charge in [-0.1, -0.05) is 18.2 Å². The first kappa shape index (κ1) is 18.7. The quantitative estimate of drug-likeness (QED) is 0.766. The molecule has 7 nitrogen and oxygen atoms in total. The third-order valence-corrected chi connectivity index (χ3v) is 4.52. The Hall–Kier alpha value is -3.09. The number of aromatic nitrogens is 1. The highest BCUT2D eigenvalue weighted by Crippen LogP contribution is 2.17.